The van der Waals surface area contributed by atoms with Gasteiger partial charge in [-0.3, -0.25) is 4.98 Å². The number of anilines is 2. The Balaban J connectivity index is 2.07. The summed E-state index contributed by atoms with van der Waals surface area (Å²) >= 11 is 0. The van der Waals surface area contributed by atoms with Crippen LogP contribution in [-0.2, 0) is 0 Å². The third-order valence-corrected chi connectivity index (χ3v) is 3.49. The average molecular weight is 249 g/mol. The quantitative estimate of drug-likeness (QED) is 0.874. The van der Waals surface area contributed by atoms with E-state index in [0.717, 1.165) is 24.7 Å². The number of piperidine rings is 1. The van der Waals surface area contributed by atoms with E-state index in [1.807, 2.05) is 6.20 Å². The van der Waals surface area contributed by atoms with Crippen LogP contribution in [0.4, 0.5) is 11.6 Å². The van der Waals surface area contributed by atoms with E-state index < -0.39 is 0 Å². The number of hydrogen-bond donors (Lipinski definition) is 1. The van der Waals surface area contributed by atoms with Crippen molar-refractivity contribution in [3.63, 3.8) is 0 Å². The molecule has 0 aromatic carbocycles. The summed E-state index contributed by atoms with van der Waals surface area (Å²) in [5, 5.41) is 3.20. The van der Waals surface area contributed by atoms with E-state index in [1.54, 1.807) is 6.20 Å². The monoisotopic (exact) mass is 249 g/mol. The number of likely N-dealkylation sites (tertiary alicyclic amines) is 1. The first-order valence-electron chi connectivity index (χ1n) is 6.68. The van der Waals surface area contributed by atoms with E-state index >= 15 is 0 Å². The molecule has 0 amide bonds. The lowest BCUT2D eigenvalue weighted by atomic mass is 10.1. The summed E-state index contributed by atoms with van der Waals surface area (Å²) in [5.74, 6) is 1.81. The molecular formula is C13H23N5. The van der Waals surface area contributed by atoms with Gasteiger partial charge < -0.3 is 15.1 Å². The summed E-state index contributed by atoms with van der Waals surface area (Å²) in [6.07, 6.45) is 6.10. The van der Waals surface area contributed by atoms with Gasteiger partial charge in [-0.25, -0.2) is 4.98 Å². The van der Waals surface area contributed by atoms with Gasteiger partial charge in [0.1, 0.15) is 11.6 Å². The standard InChI is InChI=1S/C13H23N5/c1-4-15-12-8-14-9-13(16-12)18(3)11-6-5-7-17(2)10-11/h8-9,11H,4-7,10H2,1-3H3,(H,15,16). The Bertz CT molecular complexity index is 381. The number of nitrogens with one attached hydrogen (secondary N) is 1. The molecule has 1 atom stereocenters. The fraction of sp³-hybridized carbons (Fsp3) is 0.692. The van der Waals surface area contributed by atoms with Crippen molar-refractivity contribution in [2.75, 3.05) is 43.9 Å². The Kier molecular flexibility index (Phi) is 4.36. The minimum Gasteiger partial charge on any atom is -0.369 e. The summed E-state index contributed by atoms with van der Waals surface area (Å²) in [5.41, 5.74) is 0. The third-order valence-electron chi connectivity index (χ3n) is 3.49. The van der Waals surface area contributed by atoms with Crippen LogP contribution < -0.4 is 10.2 Å². The van der Waals surface area contributed by atoms with Crippen molar-refractivity contribution < 1.29 is 0 Å². The summed E-state index contributed by atoms with van der Waals surface area (Å²) < 4.78 is 0. The highest BCUT2D eigenvalue weighted by molar-refractivity contribution is 5.44. The lowest BCUT2D eigenvalue weighted by Crippen LogP contribution is -2.45. The van der Waals surface area contributed by atoms with Gasteiger partial charge in [-0.1, -0.05) is 0 Å². The number of hydrogen-bond acceptors (Lipinski definition) is 5. The zero-order valence-corrected chi connectivity index (χ0v) is 11.6. The van der Waals surface area contributed by atoms with Crippen molar-refractivity contribution >= 4 is 11.6 Å². The summed E-state index contributed by atoms with van der Waals surface area (Å²) in [6, 6.07) is 0.537. The molecule has 1 N–H and O–H groups in total. The second-order valence-electron chi connectivity index (χ2n) is 4.96. The van der Waals surface area contributed by atoms with Crippen molar-refractivity contribution in [1.82, 2.24) is 14.9 Å². The van der Waals surface area contributed by atoms with Gasteiger partial charge in [0.25, 0.3) is 0 Å². The van der Waals surface area contributed by atoms with Gasteiger partial charge in [0, 0.05) is 26.2 Å². The molecule has 1 aliphatic heterocycles. The Morgan fingerprint density at radius 2 is 2.33 bits per heavy atom. The van der Waals surface area contributed by atoms with Crippen LogP contribution in [-0.4, -0.2) is 54.6 Å². The fourth-order valence-electron chi connectivity index (χ4n) is 2.43. The molecule has 18 heavy (non-hydrogen) atoms. The molecule has 1 aromatic rings. The highest BCUT2D eigenvalue weighted by Crippen LogP contribution is 2.19. The van der Waals surface area contributed by atoms with Crippen LogP contribution in [0.1, 0.15) is 19.8 Å². The summed E-state index contributed by atoms with van der Waals surface area (Å²) in [6.45, 7) is 5.24. The predicted octanol–water partition coefficient (Wildman–Crippen LogP) is 1.44. The molecule has 5 nitrogen and oxygen atoms in total. The van der Waals surface area contributed by atoms with Gasteiger partial charge in [0.05, 0.1) is 12.4 Å². The lowest BCUT2D eigenvalue weighted by molar-refractivity contribution is 0.247. The minimum atomic E-state index is 0.537. The fourth-order valence-corrected chi connectivity index (χ4v) is 2.43. The molecule has 1 saturated heterocycles. The molecule has 100 valence electrons. The van der Waals surface area contributed by atoms with E-state index in [4.69, 9.17) is 0 Å². The van der Waals surface area contributed by atoms with Crippen LogP contribution in [0.5, 0.6) is 0 Å². The van der Waals surface area contributed by atoms with Crippen molar-refractivity contribution in [2.45, 2.75) is 25.8 Å². The van der Waals surface area contributed by atoms with Gasteiger partial charge >= 0.3 is 0 Å². The molecular weight excluding hydrogens is 226 g/mol. The Labute approximate surface area is 109 Å². The third kappa shape index (κ3) is 3.10. The normalized spacial score (nSPS) is 20.7. The topological polar surface area (TPSA) is 44.3 Å². The molecule has 1 unspecified atom stereocenters. The molecule has 2 rings (SSSR count). The highest BCUT2D eigenvalue weighted by Gasteiger charge is 2.22. The van der Waals surface area contributed by atoms with Crippen molar-refractivity contribution in [3.05, 3.63) is 12.4 Å². The van der Waals surface area contributed by atoms with Crippen LogP contribution in [0, 0.1) is 0 Å². The van der Waals surface area contributed by atoms with Crippen LogP contribution in [0.15, 0.2) is 12.4 Å². The molecule has 1 aliphatic rings. The predicted molar refractivity (Wildman–Crippen MR) is 75.1 cm³/mol. The smallest absolute Gasteiger partial charge is 0.149 e. The van der Waals surface area contributed by atoms with Gasteiger partial charge in [-0.05, 0) is 33.4 Å². The van der Waals surface area contributed by atoms with Crippen LogP contribution in [0.25, 0.3) is 0 Å². The van der Waals surface area contributed by atoms with E-state index in [-0.39, 0.29) is 0 Å². The lowest BCUT2D eigenvalue weighted by Gasteiger charge is -2.36. The molecule has 0 aliphatic carbocycles. The Morgan fingerprint density at radius 1 is 1.50 bits per heavy atom. The maximum absolute atomic E-state index is 4.60. The van der Waals surface area contributed by atoms with Crippen molar-refractivity contribution in [3.8, 4) is 0 Å². The van der Waals surface area contributed by atoms with Crippen molar-refractivity contribution in [1.29, 1.82) is 0 Å². The Hall–Kier alpha value is -1.36. The van der Waals surface area contributed by atoms with E-state index in [0.29, 0.717) is 6.04 Å². The first kappa shape index (κ1) is 13.1. The Morgan fingerprint density at radius 3 is 3.06 bits per heavy atom. The zero-order valence-electron chi connectivity index (χ0n) is 11.6. The maximum atomic E-state index is 4.60. The van der Waals surface area contributed by atoms with E-state index in [2.05, 4.69) is 46.1 Å². The first-order valence-corrected chi connectivity index (χ1v) is 6.68. The molecule has 0 bridgehead atoms. The van der Waals surface area contributed by atoms with Gasteiger partial charge in [0.2, 0.25) is 0 Å². The molecule has 0 radical (unpaired) electrons. The number of aromatic nitrogens is 2. The van der Waals surface area contributed by atoms with Crippen molar-refractivity contribution in [2.24, 2.45) is 0 Å². The summed E-state index contributed by atoms with van der Waals surface area (Å²) in [7, 11) is 4.30. The van der Waals surface area contributed by atoms with E-state index in [1.165, 1.54) is 19.4 Å². The number of likely N-dealkylation sites (N-methyl/N-ethyl adjacent to an activating group) is 2. The second-order valence-corrected chi connectivity index (χ2v) is 4.96. The van der Waals surface area contributed by atoms with Gasteiger partial charge in [-0.15, -0.1) is 0 Å². The van der Waals surface area contributed by atoms with Gasteiger partial charge in [-0.2, -0.15) is 0 Å². The maximum Gasteiger partial charge on any atom is 0.149 e. The average Bonchev–Trinajstić information content (AvgIpc) is 2.39. The minimum absolute atomic E-state index is 0.537. The molecule has 0 spiro atoms. The second kappa shape index (κ2) is 6.00. The first-order chi connectivity index (χ1) is 8.70. The molecule has 2 heterocycles. The number of rotatable bonds is 4. The highest BCUT2D eigenvalue weighted by atomic mass is 15.3. The molecule has 1 aromatic heterocycles. The van der Waals surface area contributed by atoms with Crippen LogP contribution in [0.2, 0.25) is 0 Å². The van der Waals surface area contributed by atoms with Crippen LogP contribution >= 0.6 is 0 Å². The molecule has 0 saturated carbocycles. The SMILES string of the molecule is CCNc1cncc(N(C)C2CCCN(C)C2)n1. The molecule has 1 fully saturated rings. The molecule has 5 heteroatoms. The van der Waals surface area contributed by atoms with Gasteiger partial charge in [0.15, 0.2) is 0 Å². The van der Waals surface area contributed by atoms with E-state index in [9.17, 15) is 0 Å². The largest absolute Gasteiger partial charge is 0.369 e. The zero-order chi connectivity index (χ0) is 13.0. The summed E-state index contributed by atoms with van der Waals surface area (Å²) in [4.78, 5) is 13.5. The van der Waals surface area contributed by atoms with Crippen LogP contribution in [0.3, 0.4) is 0 Å². The number of nitrogens with zero attached hydrogens (tertiary/aromatic N) is 4.